The average molecular weight is 290 g/mol. The second-order valence-corrected chi connectivity index (χ2v) is 6.76. The highest BCUT2D eigenvalue weighted by Gasteiger charge is 2.35. The molecule has 1 aromatic heterocycles. The number of hydrogen-bond acceptors (Lipinski definition) is 3. The van der Waals surface area contributed by atoms with Gasteiger partial charge in [0.1, 0.15) is 10.8 Å². The molecule has 2 nitrogen and oxygen atoms in total. The van der Waals surface area contributed by atoms with Gasteiger partial charge in [-0.25, -0.2) is 9.37 Å². The van der Waals surface area contributed by atoms with Crippen LogP contribution in [0.5, 0.6) is 0 Å². The molecule has 1 aliphatic rings. The van der Waals surface area contributed by atoms with Crippen molar-refractivity contribution >= 4 is 11.3 Å². The molecule has 1 aliphatic carbocycles. The van der Waals surface area contributed by atoms with Crippen molar-refractivity contribution in [1.82, 2.24) is 4.98 Å². The van der Waals surface area contributed by atoms with Crippen molar-refractivity contribution in [1.29, 1.82) is 0 Å². The summed E-state index contributed by atoms with van der Waals surface area (Å²) in [6, 6.07) is 6.46. The Hall–Kier alpha value is -1.26. The van der Waals surface area contributed by atoms with Crippen molar-refractivity contribution in [2.24, 2.45) is 11.7 Å². The predicted molar refractivity (Wildman–Crippen MR) is 81.0 cm³/mol. The largest absolute Gasteiger partial charge is 0.319 e. The Labute approximate surface area is 122 Å². The summed E-state index contributed by atoms with van der Waals surface area (Å²) in [6.45, 7) is 2.26. The van der Waals surface area contributed by atoms with Gasteiger partial charge in [0.25, 0.3) is 0 Å². The second-order valence-electron chi connectivity index (χ2n) is 5.90. The predicted octanol–water partition coefficient (Wildman–Crippen LogP) is 4.31. The summed E-state index contributed by atoms with van der Waals surface area (Å²) in [6.07, 6.45) is 4.44. The van der Waals surface area contributed by atoms with E-state index >= 15 is 0 Å². The molecule has 4 heteroatoms. The molecule has 2 unspecified atom stereocenters. The molecule has 1 aromatic carbocycles. The summed E-state index contributed by atoms with van der Waals surface area (Å²) in [5.74, 6) is 0.438. The van der Waals surface area contributed by atoms with Crippen molar-refractivity contribution in [3.63, 3.8) is 0 Å². The molecule has 0 saturated heterocycles. The molecular formula is C16H19FN2S. The first-order valence-corrected chi connectivity index (χ1v) is 7.96. The maximum absolute atomic E-state index is 13.0. The minimum atomic E-state index is -0.277. The molecule has 1 saturated carbocycles. The van der Waals surface area contributed by atoms with Gasteiger partial charge in [0, 0.05) is 10.9 Å². The van der Waals surface area contributed by atoms with Gasteiger partial charge >= 0.3 is 0 Å². The van der Waals surface area contributed by atoms with Crippen molar-refractivity contribution in [2.75, 3.05) is 0 Å². The zero-order valence-electron chi connectivity index (χ0n) is 11.6. The zero-order chi connectivity index (χ0) is 14.2. The first-order chi connectivity index (χ1) is 9.57. The van der Waals surface area contributed by atoms with Gasteiger partial charge in [0.15, 0.2) is 0 Å². The Balaban J connectivity index is 1.88. The number of nitrogens with two attached hydrogens (primary N) is 1. The number of benzene rings is 1. The van der Waals surface area contributed by atoms with Crippen molar-refractivity contribution in [3.05, 3.63) is 40.5 Å². The number of halogens is 1. The summed E-state index contributed by atoms with van der Waals surface area (Å²) in [5.41, 5.74) is 8.14. The second kappa shape index (κ2) is 5.26. The third kappa shape index (κ3) is 2.63. The molecule has 0 amide bonds. The fourth-order valence-corrected chi connectivity index (χ4v) is 4.03. The van der Waals surface area contributed by atoms with Gasteiger partial charge in [-0.3, -0.25) is 0 Å². The third-order valence-corrected chi connectivity index (χ3v) is 5.16. The molecule has 3 rings (SSSR count). The van der Waals surface area contributed by atoms with E-state index in [2.05, 4.69) is 6.92 Å². The lowest BCUT2D eigenvalue weighted by Crippen LogP contribution is -2.40. The number of hydrogen-bond donors (Lipinski definition) is 1. The number of thiazole rings is 1. The maximum Gasteiger partial charge on any atom is 0.123 e. The van der Waals surface area contributed by atoms with Crippen LogP contribution < -0.4 is 5.73 Å². The van der Waals surface area contributed by atoms with Gasteiger partial charge in [-0.15, -0.1) is 11.3 Å². The van der Waals surface area contributed by atoms with E-state index in [-0.39, 0.29) is 11.4 Å². The first kappa shape index (κ1) is 13.7. The summed E-state index contributed by atoms with van der Waals surface area (Å²) in [5, 5.41) is 3.04. The Morgan fingerprint density at radius 3 is 2.80 bits per heavy atom. The highest BCUT2D eigenvalue weighted by atomic mass is 32.1. The van der Waals surface area contributed by atoms with Crippen LogP contribution >= 0.6 is 11.3 Å². The SMILES string of the molecule is CC1CCCC(N)(c2nc(-c3ccc(F)cc3)cs2)C1. The monoisotopic (exact) mass is 290 g/mol. The Morgan fingerprint density at radius 2 is 2.10 bits per heavy atom. The minimum Gasteiger partial charge on any atom is -0.319 e. The van der Waals surface area contributed by atoms with E-state index in [0.29, 0.717) is 5.92 Å². The van der Waals surface area contributed by atoms with E-state index in [1.165, 1.54) is 25.0 Å². The standard InChI is InChI=1S/C16H19FN2S/c1-11-3-2-8-16(18,9-11)15-19-14(10-20-15)12-4-6-13(17)7-5-12/h4-7,10-11H,2-3,8-9,18H2,1H3. The number of aromatic nitrogens is 1. The lowest BCUT2D eigenvalue weighted by molar-refractivity contribution is 0.238. The smallest absolute Gasteiger partial charge is 0.123 e. The fourth-order valence-electron chi connectivity index (χ4n) is 3.04. The van der Waals surface area contributed by atoms with Crippen LogP contribution in [0.2, 0.25) is 0 Å². The maximum atomic E-state index is 13.0. The molecule has 2 atom stereocenters. The van der Waals surface area contributed by atoms with E-state index < -0.39 is 0 Å². The van der Waals surface area contributed by atoms with E-state index in [9.17, 15) is 4.39 Å². The summed E-state index contributed by atoms with van der Waals surface area (Å²) < 4.78 is 13.0. The average Bonchev–Trinajstić information content (AvgIpc) is 2.90. The minimum absolute atomic E-state index is 0.222. The van der Waals surface area contributed by atoms with Crippen molar-refractivity contribution in [3.8, 4) is 11.3 Å². The molecule has 0 spiro atoms. The molecule has 106 valence electrons. The summed E-state index contributed by atoms with van der Waals surface area (Å²) in [4.78, 5) is 4.71. The molecule has 0 aliphatic heterocycles. The van der Waals surface area contributed by atoms with E-state index in [0.717, 1.165) is 29.1 Å². The Morgan fingerprint density at radius 1 is 1.35 bits per heavy atom. The quantitative estimate of drug-likeness (QED) is 0.895. The van der Waals surface area contributed by atoms with Crippen molar-refractivity contribution in [2.45, 2.75) is 38.1 Å². The van der Waals surface area contributed by atoms with Gasteiger partial charge in [0.05, 0.1) is 11.2 Å². The van der Waals surface area contributed by atoms with Gasteiger partial charge in [-0.1, -0.05) is 19.8 Å². The van der Waals surface area contributed by atoms with Gasteiger partial charge in [-0.2, -0.15) is 0 Å². The molecule has 0 radical (unpaired) electrons. The molecule has 0 bridgehead atoms. The van der Waals surface area contributed by atoms with E-state index in [1.807, 2.05) is 5.38 Å². The van der Waals surface area contributed by atoms with Gasteiger partial charge in [0.2, 0.25) is 0 Å². The first-order valence-electron chi connectivity index (χ1n) is 7.08. The Bertz CT molecular complexity index is 593. The molecule has 1 heterocycles. The van der Waals surface area contributed by atoms with Crippen LogP contribution in [0.25, 0.3) is 11.3 Å². The molecule has 2 aromatic rings. The van der Waals surface area contributed by atoms with E-state index in [4.69, 9.17) is 10.7 Å². The third-order valence-electron chi connectivity index (χ3n) is 4.10. The normalized spacial score (nSPS) is 26.6. The van der Waals surface area contributed by atoms with Crippen LogP contribution in [0.15, 0.2) is 29.6 Å². The summed E-state index contributed by atoms with van der Waals surface area (Å²) >= 11 is 1.63. The van der Waals surface area contributed by atoms with Crippen molar-refractivity contribution < 1.29 is 4.39 Å². The van der Waals surface area contributed by atoms with Crippen LogP contribution in [-0.2, 0) is 5.54 Å². The lowest BCUT2D eigenvalue weighted by atomic mass is 9.77. The highest BCUT2D eigenvalue weighted by molar-refractivity contribution is 7.10. The molecule has 2 N–H and O–H groups in total. The highest BCUT2D eigenvalue weighted by Crippen LogP contribution is 2.40. The van der Waals surface area contributed by atoms with Crippen LogP contribution in [0.4, 0.5) is 4.39 Å². The van der Waals surface area contributed by atoms with Crippen LogP contribution in [0, 0.1) is 11.7 Å². The number of nitrogens with zero attached hydrogens (tertiary/aromatic N) is 1. The summed E-state index contributed by atoms with van der Waals surface area (Å²) in [7, 11) is 0. The van der Waals surface area contributed by atoms with Gasteiger partial charge < -0.3 is 5.73 Å². The van der Waals surface area contributed by atoms with E-state index in [1.54, 1.807) is 23.5 Å². The molecular weight excluding hydrogens is 271 g/mol. The molecule has 20 heavy (non-hydrogen) atoms. The van der Waals surface area contributed by atoms with Gasteiger partial charge in [-0.05, 0) is 43.0 Å². The topological polar surface area (TPSA) is 38.9 Å². The zero-order valence-corrected chi connectivity index (χ0v) is 12.4. The van der Waals surface area contributed by atoms with Crippen LogP contribution in [0.1, 0.15) is 37.6 Å². The molecule has 1 fully saturated rings. The van der Waals surface area contributed by atoms with Crippen LogP contribution in [-0.4, -0.2) is 4.98 Å². The number of rotatable bonds is 2. The lowest BCUT2D eigenvalue weighted by Gasteiger charge is -2.35. The Kier molecular flexibility index (Phi) is 3.61. The fraction of sp³-hybridized carbons (Fsp3) is 0.438. The van der Waals surface area contributed by atoms with Crippen LogP contribution in [0.3, 0.4) is 0 Å².